The van der Waals surface area contributed by atoms with Crippen LogP contribution in [0.1, 0.15) is 36.9 Å². The van der Waals surface area contributed by atoms with Crippen LogP contribution in [0.2, 0.25) is 0 Å². The average molecular weight is 300 g/mol. The first-order chi connectivity index (χ1) is 10.7. The van der Waals surface area contributed by atoms with Crippen LogP contribution in [0.15, 0.2) is 17.2 Å². The van der Waals surface area contributed by atoms with Crippen molar-refractivity contribution in [2.45, 2.75) is 45.1 Å². The van der Waals surface area contributed by atoms with Crippen molar-refractivity contribution >= 4 is 11.4 Å². The standard InChI is InChI=1S/C16H20N4O2/c21-14(18-7-3-4-8-18)11-19-9-10-20-15(16(19)22)12-5-1-2-6-13(12)17-20/h9-10H,1-8,11H2. The predicted molar refractivity (Wildman–Crippen MR) is 81.9 cm³/mol. The normalized spacial score (nSPS) is 17.9. The van der Waals surface area contributed by atoms with Gasteiger partial charge < -0.3 is 9.47 Å². The molecule has 0 atom stereocenters. The van der Waals surface area contributed by atoms with Gasteiger partial charge in [-0.3, -0.25) is 9.59 Å². The quantitative estimate of drug-likeness (QED) is 0.831. The molecule has 0 radical (unpaired) electrons. The van der Waals surface area contributed by atoms with E-state index in [2.05, 4.69) is 5.10 Å². The molecular weight excluding hydrogens is 280 g/mol. The van der Waals surface area contributed by atoms with E-state index in [4.69, 9.17) is 0 Å². The molecule has 0 N–H and O–H groups in total. The van der Waals surface area contributed by atoms with Gasteiger partial charge in [-0.25, -0.2) is 4.52 Å². The fourth-order valence-electron chi connectivity index (χ4n) is 3.59. The van der Waals surface area contributed by atoms with Crippen LogP contribution in [0.3, 0.4) is 0 Å². The minimum atomic E-state index is -0.0919. The Kier molecular flexibility index (Phi) is 3.24. The molecule has 22 heavy (non-hydrogen) atoms. The topological polar surface area (TPSA) is 59.6 Å². The van der Waals surface area contributed by atoms with E-state index in [9.17, 15) is 9.59 Å². The van der Waals surface area contributed by atoms with E-state index < -0.39 is 0 Å². The molecule has 2 aliphatic rings. The summed E-state index contributed by atoms with van der Waals surface area (Å²) in [6.45, 7) is 1.77. The van der Waals surface area contributed by atoms with Crippen molar-refractivity contribution in [2.75, 3.05) is 13.1 Å². The molecule has 1 saturated heterocycles. The number of amides is 1. The van der Waals surface area contributed by atoms with Crippen molar-refractivity contribution in [2.24, 2.45) is 0 Å². The summed E-state index contributed by atoms with van der Waals surface area (Å²) in [7, 11) is 0. The van der Waals surface area contributed by atoms with Crippen molar-refractivity contribution < 1.29 is 4.79 Å². The van der Waals surface area contributed by atoms with Crippen LogP contribution in [-0.4, -0.2) is 38.1 Å². The van der Waals surface area contributed by atoms with E-state index in [-0.39, 0.29) is 18.0 Å². The Labute approximate surface area is 128 Å². The Morgan fingerprint density at radius 2 is 1.86 bits per heavy atom. The molecule has 116 valence electrons. The third-order valence-electron chi connectivity index (χ3n) is 4.80. The molecule has 1 amide bonds. The first-order valence-electron chi connectivity index (χ1n) is 8.11. The lowest BCUT2D eigenvalue weighted by molar-refractivity contribution is -0.130. The van der Waals surface area contributed by atoms with Crippen molar-refractivity contribution in [3.8, 4) is 0 Å². The van der Waals surface area contributed by atoms with Gasteiger partial charge >= 0.3 is 0 Å². The number of fused-ring (bicyclic) bond motifs is 3. The highest BCUT2D eigenvalue weighted by molar-refractivity contribution is 5.76. The number of nitrogens with zero attached hydrogens (tertiary/aromatic N) is 4. The van der Waals surface area contributed by atoms with Crippen LogP contribution < -0.4 is 5.56 Å². The van der Waals surface area contributed by atoms with Crippen LogP contribution in [0, 0.1) is 0 Å². The van der Waals surface area contributed by atoms with Gasteiger partial charge in [-0.15, -0.1) is 0 Å². The van der Waals surface area contributed by atoms with Crippen molar-refractivity contribution in [3.63, 3.8) is 0 Å². The van der Waals surface area contributed by atoms with E-state index in [0.717, 1.165) is 62.9 Å². The summed E-state index contributed by atoms with van der Waals surface area (Å²) in [6, 6.07) is 0. The smallest absolute Gasteiger partial charge is 0.277 e. The Hall–Kier alpha value is -2.11. The Balaban J connectivity index is 1.71. The fourth-order valence-corrected chi connectivity index (χ4v) is 3.59. The monoisotopic (exact) mass is 300 g/mol. The van der Waals surface area contributed by atoms with Gasteiger partial charge in [-0.05, 0) is 38.5 Å². The molecule has 2 aromatic heterocycles. The number of likely N-dealkylation sites (tertiary alicyclic amines) is 1. The van der Waals surface area contributed by atoms with Gasteiger partial charge in [0.2, 0.25) is 5.91 Å². The molecule has 1 aliphatic carbocycles. The van der Waals surface area contributed by atoms with E-state index in [1.54, 1.807) is 16.9 Å². The highest BCUT2D eigenvalue weighted by atomic mass is 16.2. The van der Waals surface area contributed by atoms with Gasteiger partial charge in [0.15, 0.2) is 0 Å². The van der Waals surface area contributed by atoms with Crippen molar-refractivity contribution in [1.82, 2.24) is 19.1 Å². The lowest BCUT2D eigenvalue weighted by Gasteiger charge is -2.16. The SMILES string of the molecule is O=C(Cn1ccn2nc3c(c2c1=O)CCCC3)N1CCCC1. The Morgan fingerprint density at radius 1 is 1.09 bits per heavy atom. The number of carbonyl (C=O) groups is 1. The molecule has 6 heteroatoms. The zero-order chi connectivity index (χ0) is 15.1. The summed E-state index contributed by atoms with van der Waals surface area (Å²) in [5, 5.41) is 4.52. The van der Waals surface area contributed by atoms with Crippen molar-refractivity contribution in [3.05, 3.63) is 34.0 Å². The van der Waals surface area contributed by atoms with Gasteiger partial charge in [-0.1, -0.05) is 0 Å². The number of carbonyl (C=O) groups excluding carboxylic acids is 1. The Morgan fingerprint density at radius 3 is 2.68 bits per heavy atom. The van der Waals surface area contributed by atoms with Crippen LogP contribution in [0.5, 0.6) is 0 Å². The first kappa shape index (κ1) is 13.5. The minimum Gasteiger partial charge on any atom is -0.341 e. The lowest BCUT2D eigenvalue weighted by Crippen LogP contribution is -2.34. The second kappa shape index (κ2) is 5.26. The minimum absolute atomic E-state index is 0.0392. The number of rotatable bonds is 2. The fraction of sp³-hybridized carbons (Fsp3) is 0.562. The van der Waals surface area contributed by atoms with Gasteiger partial charge in [-0.2, -0.15) is 5.10 Å². The molecule has 0 aromatic carbocycles. The maximum atomic E-state index is 12.7. The van der Waals surface area contributed by atoms with Crippen LogP contribution in [-0.2, 0) is 24.2 Å². The second-order valence-electron chi connectivity index (χ2n) is 6.24. The van der Waals surface area contributed by atoms with Crippen LogP contribution in [0.25, 0.3) is 5.52 Å². The maximum absolute atomic E-state index is 12.7. The molecule has 6 nitrogen and oxygen atoms in total. The lowest BCUT2D eigenvalue weighted by atomic mass is 9.97. The number of aromatic nitrogens is 3. The summed E-state index contributed by atoms with van der Waals surface area (Å²) in [5.41, 5.74) is 2.70. The van der Waals surface area contributed by atoms with E-state index in [1.807, 2.05) is 4.90 Å². The largest absolute Gasteiger partial charge is 0.341 e. The first-order valence-corrected chi connectivity index (χ1v) is 8.11. The zero-order valence-corrected chi connectivity index (χ0v) is 12.6. The number of aryl methyl sites for hydroxylation is 2. The molecule has 1 fully saturated rings. The summed E-state index contributed by atoms with van der Waals surface area (Å²) in [4.78, 5) is 26.9. The highest BCUT2D eigenvalue weighted by Crippen LogP contribution is 2.22. The molecule has 3 heterocycles. The molecule has 2 aromatic rings. The van der Waals surface area contributed by atoms with Crippen molar-refractivity contribution in [1.29, 1.82) is 0 Å². The van der Waals surface area contributed by atoms with Gasteiger partial charge in [0, 0.05) is 31.0 Å². The van der Waals surface area contributed by atoms with E-state index in [1.165, 1.54) is 4.57 Å². The maximum Gasteiger partial charge on any atom is 0.277 e. The number of hydrogen-bond acceptors (Lipinski definition) is 3. The van der Waals surface area contributed by atoms with Gasteiger partial charge in [0.25, 0.3) is 5.56 Å². The third-order valence-corrected chi connectivity index (χ3v) is 4.80. The molecule has 0 bridgehead atoms. The highest BCUT2D eigenvalue weighted by Gasteiger charge is 2.22. The summed E-state index contributed by atoms with van der Waals surface area (Å²) in [6.07, 6.45) is 9.72. The van der Waals surface area contributed by atoms with Crippen LogP contribution >= 0.6 is 0 Å². The summed E-state index contributed by atoms with van der Waals surface area (Å²) in [5.74, 6) is 0.0392. The number of hydrogen-bond donors (Lipinski definition) is 0. The molecular formula is C16H20N4O2. The Bertz CT molecular complexity index is 783. The van der Waals surface area contributed by atoms with Gasteiger partial charge in [0.1, 0.15) is 12.1 Å². The van der Waals surface area contributed by atoms with E-state index >= 15 is 0 Å². The van der Waals surface area contributed by atoms with E-state index in [0.29, 0.717) is 5.52 Å². The molecule has 4 rings (SSSR count). The molecule has 1 aliphatic heterocycles. The second-order valence-corrected chi connectivity index (χ2v) is 6.24. The molecule has 0 spiro atoms. The molecule has 0 saturated carbocycles. The van der Waals surface area contributed by atoms with Gasteiger partial charge in [0.05, 0.1) is 5.69 Å². The third kappa shape index (κ3) is 2.14. The molecule has 0 unspecified atom stereocenters. The predicted octanol–water partition coefficient (Wildman–Crippen LogP) is 0.997. The zero-order valence-electron chi connectivity index (χ0n) is 12.6. The average Bonchev–Trinajstić information content (AvgIpc) is 3.17. The summed E-state index contributed by atoms with van der Waals surface area (Å²) < 4.78 is 3.22. The van der Waals surface area contributed by atoms with Crippen LogP contribution in [0.4, 0.5) is 0 Å². The summed E-state index contributed by atoms with van der Waals surface area (Å²) >= 11 is 0.